The van der Waals surface area contributed by atoms with E-state index in [0.29, 0.717) is 11.5 Å². The zero-order valence-electron chi connectivity index (χ0n) is 12.8. The molecule has 0 aromatic heterocycles. The van der Waals surface area contributed by atoms with Crippen molar-refractivity contribution in [1.29, 1.82) is 0 Å². The van der Waals surface area contributed by atoms with Gasteiger partial charge >= 0.3 is 5.97 Å². The van der Waals surface area contributed by atoms with Crippen LogP contribution in [-0.4, -0.2) is 38.9 Å². The summed E-state index contributed by atoms with van der Waals surface area (Å²) in [6.45, 7) is 4.13. The number of carboxylic acids is 1. The van der Waals surface area contributed by atoms with Crippen LogP contribution in [0.4, 0.5) is 0 Å². The Morgan fingerprint density at radius 1 is 1.43 bits per heavy atom. The quantitative estimate of drug-likeness (QED) is 0.627. The average molecular weight is 351 g/mol. The number of hydrogen-bond acceptors (Lipinski definition) is 5. The number of hydrogen-bond donors (Lipinski definition) is 1. The largest absolute Gasteiger partial charge is 0.494 e. The van der Waals surface area contributed by atoms with Crippen LogP contribution in [0.15, 0.2) is 29.2 Å². The summed E-state index contributed by atoms with van der Waals surface area (Å²) in [5.41, 5.74) is 0.831. The van der Waals surface area contributed by atoms with Gasteiger partial charge in [0.25, 0.3) is 5.91 Å². The lowest BCUT2D eigenvalue weighted by atomic mass is 10.2. The van der Waals surface area contributed by atoms with Gasteiger partial charge in [0.2, 0.25) is 0 Å². The minimum atomic E-state index is -1.08. The number of ether oxygens (including phenoxy) is 1. The van der Waals surface area contributed by atoms with Gasteiger partial charge in [-0.15, -0.1) is 0 Å². The van der Waals surface area contributed by atoms with E-state index in [4.69, 9.17) is 22.1 Å². The monoisotopic (exact) mass is 351 g/mol. The minimum Gasteiger partial charge on any atom is -0.494 e. The Morgan fingerprint density at radius 3 is 2.65 bits per heavy atom. The summed E-state index contributed by atoms with van der Waals surface area (Å²) in [4.78, 5) is 25.0. The van der Waals surface area contributed by atoms with Crippen molar-refractivity contribution in [2.75, 3.05) is 6.61 Å². The lowest BCUT2D eigenvalue weighted by Crippen LogP contribution is -2.41. The molecule has 1 unspecified atom stereocenters. The second-order valence-electron chi connectivity index (χ2n) is 4.98. The topological polar surface area (TPSA) is 66.8 Å². The number of amides is 1. The fraction of sp³-hybridized carbons (Fsp3) is 0.312. The van der Waals surface area contributed by atoms with Crippen LogP contribution in [0.5, 0.6) is 5.75 Å². The van der Waals surface area contributed by atoms with Gasteiger partial charge in [-0.05, 0) is 37.1 Å². The van der Waals surface area contributed by atoms with E-state index < -0.39 is 12.0 Å². The van der Waals surface area contributed by atoms with E-state index >= 15 is 0 Å². The van der Waals surface area contributed by atoms with Gasteiger partial charge in [0.15, 0.2) is 0 Å². The molecular weight excluding hydrogens is 334 g/mol. The number of carbonyl (C=O) groups excluding carboxylic acids is 1. The zero-order chi connectivity index (χ0) is 17.0. The number of rotatable bonds is 6. The smallest absolute Gasteiger partial charge is 0.326 e. The molecule has 1 amide bonds. The lowest BCUT2D eigenvalue weighted by Gasteiger charge is -2.18. The molecule has 0 aliphatic carbocycles. The molecule has 0 spiro atoms. The van der Waals surface area contributed by atoms with Crippen LogP contribution in [0.2, 0.25) is 0 Å². The third-order valence-electron chi connectivity index (χ3n) is 3.22. The summed E-state index contributed by atoms with van der Waals surface area (Å²) in [5.74, 6) is -0.683. The van der Waals surface area contributed by atoms with E-state index in [1.165, 1.54) is 6.92 Å². The molecule has 1 atom stereocenters. The summed E-state index contributed by atoms with van der Waals surface area (Å²) in [6, 6.07) is 6.39. The molecule has 122 valence electrons. The van der Waals surface area contributed by atoms with Crippen LogP contribution in [0.3, 0.4) is 0 Å². The molecule has 1 N–H and O–H groups in total. The Bertz CT molecular complexity index is 655. The molecule has 0 radical (unpaired) electrons. The van der Waals surface area contributed by atoms with Gasteiger partial charge in [-0.25, -0.2) is 4.79 Å². The highest BCUT2D eigenvalue weighted by Crippen LogP contribution is 2.34. The number of thiocarbonyl (C=S) groups is 1. The van der Waals surface area contributed by atoms with Crippen molar-refractivity contribution in [1.82, 2.24) is 4.90 Å². The predicted octanol–water partition coefficient (Wildman–Crippen LogP) is 3.15. The van der Waals surface area contributed by atoms with Gasteiger partial charge < -0.3 is 9.84 Å². The van der Waals surface area contributed by atoms with Crippen molar-refractivity contribution >= 4 is 46.3 Å². The second kappa shape index (κ2) is 7.61. The first-order valence-corrected chi connectivity index (χ1v) is 8.39. The molecule has 1 saturated heterocycles. The van der Waals surface area contributed by atoms with Crippen molar-refractivity contribution in [3.8, 4) is 5.75 Å². The fourth-order valence-electron chi connectivity index (χ4n) is 1.96. The van der Waals surface area contributed by atoms with Crippen LogP contribution in [0.1, 0.15) is 25.8 Å². The summed E-state index contributed by atoms with van der Waals surface area (Å²) in [7, 11) is 0. The number of carbonyl (C=O) groups is 2. The number of benzene rings is 1. The zero-order valence-corrected chi connectivity index (χ0v) is 14.4. The van der Waals surface area contributed by atoms with Crippen LogP contribution in [0.25, 0.3) is 6.08 Å². The maximum atomic E-state index is 12.3. The van der Waals surface area contributed by atoms with Gasteiger partial charge in [0, 0.05) is 0 Å². The van der Waals surface area contributed by atoms with Gasteiger partial charge in [-0.2, -0.15) is 0 Å². The molecule has 0 bridgehead atoms. The first kappa shape index (κ1) is 17.5. The highest BCUT2D eigenvalue weighted by Gasteiger charge is 2.38. The summed E-state index contributed by atoms with van der Waals surface area (Å²) in [5, 5.41) is 9.06. The molecule has 1 aromatic carbocycles. The molecule has 7 heteroatoms. The number of carboxylic acid groups (broad SMARTS) is 1. The minimum absolute atomic E-state index is 0.263. The van der Waals surface area contributed by atoms with Crippen molar-refractivity contribution in [3.63, 3.8) is 0 Å². The molecular formula is C16H17NO4S2. The fourth-order valence-corrected chi connectivity index (χ4v) is 3.37. The Hall–Kier alpha value is -1.86. The molecule has 1 aromatic rings. The van der Waals surface area contributed by atoms with E-state index in [1.54, 1.807) is 6.08 Å². The van der Waals surface area contributed by atoms with Gasteiger partial charge in [0.05, 0.1) is 11.5 Å². The summed E-state index contributed by atoms with van der Waals surface area (Å²) >= 11 is 6.23. The second-order valence-corrected chi connectivity index (χ2v) is 6.66. The van der Waals surface area contributed by atoms with E-state index in [1.807, 2.05) is 31.2 Å². The van der Waals surface area contributed by atoms with E-state index in [0.717, 1.165) is 34.4 Å². The maximum Gasteiger partial charge on any atom is 0.326 e. The molecule has 0 saturated carbocycles. The molecule has 2 rings (SSSR count). The van der Waals surface area contributed by atoms with Crippen molar-refractivity contribution in [3.05, 3.63) is 34.7 Å². The predicted molar refractivity (Wildman–Crippen MR) is 94.3 cm³/mol. The number of aliphatic carboxylic acids is 1. The summed E-state index contributed by atoms with van der Waals surface area (Å²) < 4.78 is 5.77. The molecule has 1 aliphatic rings. The number of nitrogens with zero attached hydrogens (tertiary/aromatic N) is 1. The van der Waals surface area contributed by atoms with E-state index in [2.05, 4.69) is 0 Å². The molecule has 1 heterocycles. The molecule has 1 aliphatic heterocycles. The van der Waals surface area contributed by atoms with Gasteiger partial charge in [-0.3, -0.25) is 9.69 Å². The summed E-state index contributed by atoms with van der Waals surface area (Å²) in [6.07, 6.45) is 2.64. The van der Waals surface area contributed by atoms with Crippen LogP contribution in [0, 0.1) is 0 Å². The first-order chi connectivity index (χ1) is 10.9. The third-order valence-corrected chi connectivity index (χ3v) is 4.55. The van der Waals surface area contributed by atoms with Crippen molar-refractivity contribution in [2.24, 2.45) is 0 Å². The van der Waals surface area contributed by atoms with Crippen LogP contribution < -0.4 is 4.74 Å². The number of thioether (sulfide) groups is 1. The highest BCUT2D eigenvalue weighted by atomic mass is 32.2. The van der Waals surface area contributed by atoms with Crippen molar-refractivity contribution in [2.45, 2.75) is 26.3 Å². The Balaban J connectivity index is 2.15. The standard InChI is InChI=1S/C16H17NO4S2/c1-3-8-21-12-6-4-11(5-7-12)9-13-14(18)17(16(22)23-13)10(2)15(19)20/h4-7,9-10H,3,8H2,1-2H3,(H,19,20). The lowest BCUT2D eigenvalue weighted by molar-refractivity contribution is -0.144. The normalized spacial score (nSPS) is 17.7. The Kier molecular flexibility index (Phi) is 5.79. The Labute approximate surface area is 144 Å². The van der Waals surface area contributed by atoms with E-state index in [9.17, 15) is 9.59 Å². The highest BCUT2D eigenvalue weighted by molar-refractivity contribution is 8.26. The van der Waals surface area contributed by atoms with Crippen LogP contribution >= 0.6 is 24.0 Å². The first-order valence-electron chi connectivity index (χ1n) is 7.16. The van der Waals surface area contributed by atoms with E-state index in [-0.39, 0.29) is 10.2 Å². The molecule has 1 fully saturated rings. The average Bonchev–Trinajstić information content (AvgIpc) is 2.80. The molecule has 23 heavy (non-hydrogen) atoms. The van der Waals surface area contributed by atoms with Crippen LogP contribution in [-0.2, 0) is 9.59 Å². The third kappa shape index (κ3) is 4.11. The van der Waals surface area contributed by atoms with Gasteiger partial charge in [0.1, 0.15) is 16.1 Å². The van der Waals surface area contributed by atoms with Gasteiger partial charge in [-0.1, -0.05) is 43.0 Å². The SMILES string of the molecule is CCCOc1ccc(C=C2SC(=S)N(C(C)C(=O)O)C2=O)cc1. The Morgan fingerprint density at radius 2 is 2.09 bits per heavy atom. The van der Waals surface area contributed by atoms with Crippen molar-refractivity contribution < 1.29 is 19.4 Å². The maximum absolute atomic E-state index is 12.3. The molecule has 5 nitrogen and oxygen atoms in total.